The third-order valence-corrected chi connectivity index (χ3v) is 3.11. The molecule has 1 amide bonds. The summed E-state index contributed by atoms with van der Waals surface area (Å²) in [4.78, 5) is 25.1. The first-order valence-electron chi connectivity index (χ1n) is 5.67. The van der Waals surface area contributed by atoms with Crippen molar-refractivity contribution in [1.82, 2.24) is 14.8 Å². The summed E-state index contributed by atoms with van der Waals surface area (Å²) in [5.74, 6) is -1.57. The molecule has 1 aromatic heterocycles. The minimum absolute atomic E-state index is 0.0550. The van der Waals surface area contributed by atoms with Gasteiger partial charge in [-0.2, -0.15) is 4.68 Å². The molecule has 8 nitrogen and oxygen atoms in total. The van der Waals surface area contributed by atoms with Gasteiger partial charge in [0.25, 0.3) is 4.73 Å². The van der Waals surface area contributed by atoms with Gasteiger partial charge in [0.05, 0.1) is 0 Å². The SMILES string of the molecule is Cc1ccc(NC(=O)Cn2nc([N+](=O)[O-])nc2Br)cc1F. The number of hydrogen-bond acceptors (Lipinski definition) is 5. The van der Waals surface area contributed by atoms with Crippen LogP contribution < -0.4 is 5.32 Å². The first-order valence-corrected chi connectivity index (χ1v) is 6.47. The minimum Gasteiger partial charge on any atom is -0.390 e. The fourth-order valence-electron chi connectivity index (χ4n) is 1.50. The molecule has 1 N–H and O–H groups in total. The number of aromatic nitrogens is 3. The van der Waals surface area contributed by atoms with Crippen molar-refractivity contribution in [1.29, 1.82) is 0 Å². The summed E-state index contributed by atoms with van der Waals surface area (Å²) in [5, 5.41) is 16.5. The van der Waals surface area contributed by atoms with E-state index < -0.39 is 22.6 Å². The molecule has 21 heavy (non-hydrogen) atoms. The van der Waals surface area contributed by atoms with Crippen molar-refractivity contribution in [3.8, 4) is 0 Å². The van der Waals surface area contributed by atoms with Gasteiger partial charge in [-0.1, -0.05) is 6.07 Å². The highest BCUT2D eigenvalue weighted by molar-refractivity contribution is 9.10. The summed E-state index contributed by atoms with van der Waals surface area (Å²) in [5.41, 5.74) is 0.747. The zero-order chi connectivity index (χ0) is 15.6. The zero-order valence-electron chi connectivity index (χ0n) is 10.7. The van der Waals surface area contributed by atoms with E-state index in [0.29, 0.717) is 5.56 Å². The van der Waals surface area contributed by atoms with Crippen molar-refractivity contribution in [3.63, 3.8) is 0 Å². The topological polar surface area (TPSA) is 103 Å². The van der Waals surface area contributed by atoms with Gasteiger partial charge in [-0.05, 0) is 34.5 Å². The normalized spacial score (nSPS) is 10.4. The van der Waals surface area contributed by atoms with E-state index in [2.05, 4.69) is 31.3 Å². The summed E-state index contributed by atoms with van der Waals surface area (Å²) in [6.07, 6.45) is 0. The van der Waals surface area contributed by atoms with Crippen LogP contribution in [0.4, 0.5) is 16.0 Å². The van der Waals surface area contributed by atoms with Gasteiger partial charge in [0.2, 0.25) is 5.91 Å². The smallest absolute Gasteiger partial charge is 0.390 e. The third-order valence-electron chi connectivity index (χ3n) is 2.53. The first kappa shape index (κ1) is 15.0. The van der Waals surface area contributed by atoms with Gasteiger partial charge in [-0.3, -0.25) is 4.79 Å². The molecule has 0 atom stereocenters. The maximum atomic E-state index is 13.4. The van der Waals surface area contributed by atoms with Gasteiger partial charge in [0.1, 0.15) is 12.4 Å². The highest BCUT2D eigenvalue weighted by atomic mass is 79.9. The lowest BCUT2D eigenvalue weighted by Crippen LogP contribution is -2.20. The largest absolute Gasteiger partial charge is 0.492 e. The predicted molar refractivity (Wildman–Crippen MR) is 74.1 cm³/mol. The fraction of sp³-hybridized carbons (Fsp3) is 0.182. The molecule has 0 unspecified atom stereocenters. The van der Waals surface area contributed by atoms with Crippen LogP contribution in [0.1, 0.15) is 5.56 Å². The van der Waals surface area contributed by atoms with E-state index in [-0.39, 0.29) is 17.0 Å². The lowest BCUT2D eigenvalue weighted by atomic mass is 10.2. The molecule has 0 radical (unpaired) electrons. The number of nitrogens with one attached hydrogen (secondary N) is 1. The van der Waals surface area contributed by atoms with E-state index in [4.69, 9.17) is 0 Å². The van der Waals surface area contributed by atoms with Gasteiger partial charge < -0.3 is 15.4 Å². The Hall–Kier alpha value is -2.36. The van der Waals surface area contributed by atoms with Crippen molar-refractivity contribution >= 4 is 33.5 Å². The molecule has 10 heteroatoms. The molecule has 0 bridgehead atoms. The molecule has 2 rings (SSSR count). The van der Waals surface area contributed by atoms with Crippen LogP contribution in [0.5, 0.6) is 0 Å². The average molecular weight is 358 g/mol. The van der Waals surface area contributed by atoms with Crippen LogP contribution in [0.2, 0.25) is 0 Å². The van der Waals surface area contributed by atoms with Crippen LogP contribution in [0.15, 0.2) is 22.9 Å². The van der Waals surface area contributed by atoms with E-state index in [1.54, 1.807) is 13.0 Å². The number of nitro groups is 1. The Balaban J connectivity index is 2.07. The van der Waals surface area contributed by atoms with Crippen LogP contribution >= 0.6 is 15.9 Å². The van der Waals surface area contributed by atoms with Gasteiger partial charge in [-0.25, -0.2) is 4.39 Å². The number of anilines is 1. The monoisotopic (exact) mass is 357 g/mol. The second kappa shape index (κ2) is 5.95. The molecule has 0 aliphatic carbocycles. The lowest BCUT2D eigenvalue weighted by Gasteiger charge is -2.05. The molecule has 0 aliphatic rings. The van der Waals surface area contributed by atoms with Crippen molar-refractivity contribution in [2.75, 3.05) is 5.32 Å². The Morgan fingerprint density at radius 2 is 2.29 bits per heavy atom. The van der Waals surface area contributed by atoms with Gasteiger partial charge in [0, 0.05) is 26.7 Å². The molecule has 1 heterocycles. The number of carbonyl (C=O) groups is 1. The fourth-order valence-corrected chi connectivity index (χ4v) is 1.86. The molecule has 0 aliphatic heterocycles. The van der Waals surface area contributed by atoms with Gasteiger partial charge in [0.15, 0.2) is 0 Å². The van der Waals surface area contributed by atoms with Crippen molar-refractivity contribution in [2.45, 2.75) is 13.5 Å². The third kappa shape index (κ3) is 3.60. The molecule has 0 spiro atoms. The molecular formula is C11H9BrFN5O3. The van der Waals surface area contributed by atoms with E-state index >= 15 is 0 Å². The molecule has 2 aromatic rings. The number of nitrogens with zero attached hydrogens (tertiary/aromatic N) is 4. The molecule has 110 valence electrons. The second-order valence-corrected chi connectivity index (χ2v) is 4.82. The van der Waals surface area contributed by atoms with E-state index in [9.17, 15) is 19.3 Å². The maximum absolute atomic E-state index is 13.4. The molecule has 0 saturated heterocycles. The Morgan fingerprint density at radius 1 is 1.57 bits per heavy atom. The van der Waals surface area contributed by atoms with Gasteiger partial charge >= 0.3 is 5.95 Å². The highest BCUT2D eigenvalue weighted by Crippen LogP contribution is 2.15. The quantitative estimate of drug-likeness (QED) is 0.666. The van der Waals surface area contributed by atoms with Crippen molar-refractivity contribution < 1.29 is 14.1 Å². The Bertz CT molecular complexity index is 718. The molecule has 1 aromatic carbocycles. The minimum atomic E-state index is -0.769. The number of amides is 1. The lowest BCUT2D eigenvalue weighted by molar-refractivity contribution is -0.394. The summed E-state index contributed by atoms with van der Waals surface area (Å²) < 4.78 is 14.4. The predicted octanol–water partition coefficient (Wildman–Crippen LogP) is 2.04. The highest BCUT2D eigenvalue weighted by Gasteiger charge is 2.21. The number of aryl methyl sites for hydroxylation is 1. The summed E-state index contributed by atoms with van der Waals surface area (Å²) in [6, 6.07) is 4.27. The maximum Gasteiger partial charge on any atom is 0.492 e. The number of halogens is 2. The first-order chi connectivity index (χ1) is 9.86. The van der Waals surface area contributed by atoms with Gasteiger partial charge in [-0.15, -0.1) is 0 Å². The van der Waals surface area contributed by atoms with Crippen LogP contribution in [0.3, 0.4) is 0 Å². The molecular weight excluding hydrogens is 349 g/mol. The van der Waals surface area contributed by atoms with Crippen molar-refractivity contribution in [3.05, 3.63) is 44.4 Å². The molecule has 0 fully saturated rings. The summed E-state index contributed by atoms with van der Waals surface area (Å²) >= 11 is 2.97. The van der Waals surface area contributed by atoms with E-state index in [1.165, 1.54) is 12.1 Å². The van der Waals surface area contributed by atoms with E-state index in [1.807, 2.05) is 0 Å². The number of hydrogen-bond donors (Lipinski definition) is 1. The van der Waals surface area contributed by atoms with Crippen LogP contribution in [-0.2, 0) is 11.3 Å². The standard InChI is InChI=1S/C11H9BrFN5O3/c1-6-2-3-7(4-8(6)13)14-9(19)5-17-10(12)15-11(16-17)18(20)21/h2-4H,5H2,1H3,(H,14,19). The van der Waals surface area contributed by atoms with Crippen LogP contribution in [-0.4, -0.2) is 25.6 Å². The Labute approximate surface area is 126 Å². The van der Waals surface area contributed by atoms with Crippen LogP contribution in [0, 0.1) is 22.9 Å². The summed E-state index contributed by atoms with van der Waals surface area (Å²) in [6.45, 7) is 1.31. The van der Waals surface area contributed by atoms with E-state index in [0.717, 1.165) is 4.68 Å². The summed E-state index contributed by atoms with van der Waals surface area (Å²) in [7, 11) is 0. The molecule has 0 saturated carbocycles. The average Bonchev–Trinajstić information content (AvgIpc) is 2.76. The Morgan fingerprint density at radius 3 is 2.86 bits per heavy atom. The van der Waals surface area contributed by atoms with Crippen molar-refractivity contribution in [2.24, 2.45) is 0 Å². The number of rotatable bonds is 4. The second-order valence-electron chi connectivity index (χ2n) is 4.11. The number of benzene rings is 1. The Kier molecular flexibility index (Phi) is 4.26. The number of carbonyl (C=O) groups excluding carboxylic acids is 1. The zero-order valence-corrected chi connectivity index (χ0v) is 12.3. The van der Waals surface area contributed by atoms with Crippen LogP contribution in [0.25, 0.3) is 0 Å².